The summed E-state index contributed by atoms with van der Waals surface area (Å²) in [4.78, 5) is 12.8. The highest BCUT2D eigenvalue weighted by Gasteiger charge is 2.18. The molecule has 0 aliphatic rings. The lowest BCUT2D eigenvalue weighted by Gasteiger charge is -2.24. The Morgan fingerprint density at radius 1 is 0.905 bits per heavy atom. The highest BCUT2D eigenvalue weighted by Crippen LogP contribution is 2.10. The van der Waals surface area contributed by atoms with Gasteiger partial charge in [-0.1, -0.05) is 60.7 Å². The summed E-state index contributed by atoms with van der Waals surface area (Å²) in [6.45, 7) is 1.29. The zero-order chi connectivity index (χ0) is 15.1. The molecule has 0 aromatic heterocycles. The summed E-state index contributed by atoms with van der Waals surface area (Å²) < 4.78 is 0. The lowest BCUT2D eigenvalue weighted by atomic mass is 10.1. The minimum absolute atomic E-state index is 0.0964. The molecule has 4 nitrogen and oxygen atoms in total. The average Bonchev–Trinajstić information content (AvgIpc) is 2.49. The number of carboxylic acids is 1. The summed E-state index contributed by atoms with van der Waals surface area (Å²) in [5.74, 6) is -1.19. The van der Waals surface area contributed by atoms with Gasteiger partial charge in [-0.3, -0.25) is 4.90 Å². The molecule has 0 bridgehead atoms. The maximum Gasteiger partial charge on any atom is 0.333 e. The summed E-state index contributed by atoms with van der Waals surface area (Å²) >= 11 is 0. The van der Waals surface area contributed by atoms with Crippen molar-refractivity contribution in [2.75, 3.05) is 6.54 Å². The van der Waals surface area contributed by atoms with Gasteiger partial charge in [0.15, 0.2) is 6.10 Å². The first-order valence-corrected chi connectivity index (χ1v) is 6.86. The normalized spacial score (nSPS) is 12.3. The molecule has 110 valence electrons. The van der Waals surface area contributed by atoms with Crippen LogP contribution in [0.5, 0.6) is 0 Å². The topological polar surface area (TPSA) is 60.8 Å². The fourth-order valence-corrected chi connectivity index (χ4v) is 2.19. The summed E-state index contributed by atoms with van der Waals surface area (Å²) in [6.07, 6.45) is -1.38. The number of aliphatic carboxylic acids is 1. The zero-order valence-electron chi connectivity index (χ0n) is 11.7. The molecule has 1 atom stereocenters. The van der Waals surface area contributed by atoms with E-state index < -0.39 is 12.1 Å². The van der Waals surface area contributed by atoms with Gasteiger partial charge in [0.25, 0.3) is 0 Å². The Balaban J connectivity index is 2.08. The molecular weight excluding hydrogens is 266 g/mol. The molecule has 0 radical (unpaired) electrons. The monoisotopic (exact) mass is 285 g/mol. The van der Waals surface area contributed by atoms with E-state index in [0.29, 0.717) is 13.1 Å². The van der Waals surface area contributed by atoms with Crippen molar-refractivity contribution in [3.8, 4) is 0 Å². The van der Waals surface area contributed by atoms with Crippen LogP contribution in [0.4, 0.5) is 0 Å². The van der Waals surface area contributed by atoms with Crippen molar-refractivity contribution in [2.45, 2.75) is 19.2 Å². The van der Waals surface area contributed by atoms with Gasteiger partial charge >= 0.3 is 5.97 Å². The molecule has 21 heavy (non-hydrogen) atoms. The molecule has 2 rings (SSSR count). The number of aliphatic hydroxyl groups is 1. The molecule has 0 aliphatic carbocycles. The van der Waals surface area contributed by atoms with Gasteiger partial charge in [0.1, 0.15) is 0 Å². The Bertz CT molecular complexity index is 515. The molecule has 2 aromatic carbocycles. The fraction of sp³-hybridized carbons (Fsp3) is 0.235. The zero-order valence-corrected chi connectivity index (χ0v) is 11.7. The number of carbonyl (C=O) groups is 1. The van der Waals surface area contributed by atoms with Gasteiger partial charge in [0, 0.05) is 19.6 Å². The number of hydrogen-bond acceptors (Lipinski definition) is 3. The molecule has 2 N–H and O–H groups in total. The van der Waals surface area contributed by atoms with E-state index in [2.05, 4.69) is 0 Å². The number of rotatable bonds is 7. The fourth-order valence-electron chi connectivity index (χ4n) is 2.19. The standard InChI is InChI=1S/C17H19NO3/c19-16(17(20)21)13-18(11-14-7-3-1-4-8-14)12-15-9-5-2-6-10-15/h1-10,16,19H,11-13H2,(H,20,21). The van der Waals surface area contributed by atoms with Crippen molar-refractivity contribution in [2.24, 2.45) is 0 Å². The van der Waals surface area contributed by atoms with Gasteiger partial charge in [-0.25, -0.2) is 4.79 Å². The van der Waals surface area contributed by atoms with Crippen LogP contribution in [0.15, 0.2) is 60.7 Å². The second-order valence-corrected chi connectivity index (χ2v) is 4.99. The van der Waals surface area contributed by atoms with E-state index >= 15 is 0 Å². The van der Waals surface area contributed by atoms with Gasteiger partial charge in [-0.15, -0.1) is 0 Å². The van der Waals surface area contributed by atoms with E-state index in [-0.39, 0.29) is 6.54 Å². The number of nitrogens with zero attached hydrogens (tertiary/aromatic N) is 1. The van der Waals surface area contributed by atoms with Crippen LogP contribution in [-0.4, -0.2) is 33.7 Å². The minimum atomic E-state index is -1.38. The first kappa shape index (κ1) is 15.2. The van der Waals surface area contributed by atoms with Crippen LogP contribution in [0.25, 0.3) is 0 Å². The maximum atomic E-state index is 10.9. The van der Waals surface area contributed by atoms with Crippen LogP contribution in [0.1, 0.15) is 11.1 Å². The Morgan fingerprint density at radius 3 is 1.71 bits per heavy atom. The third kappa shape index (κ3) is 5.02. The van der Waals surface area contributed by atoms with E-state index in [4.69, 9.17) is 5.11 Å². The Hall–Kier alpha value is -2.17. The van der Waals surface area contributed by atoms with Crippen LogP contribution >= 0.6 is 0 Å². The minimum Gasteiger partial charge on any atom is -0.479 e. The van der Waals surface area contributed by atoms with Crippen LogP contribution in [0.2, 0.25) is 0 Å². The number of aliphatic hydroxyl groups excluding tert-OH is 1. The molecule has 0 saturated heterocycles. The Morgan fingerprint density at radius 2 is 1.33 bits per heavy atom. The summed E-state index contributed by atoms with van der Waals surface area (Å²) in [5, 5.41) is 18.5. The van der Waals surface area contributed by atoms with Crippen molar-refractivity contribution in [3.05, 3.63) is 71.8 Å². The molecule has 0 heterocycles. The quantitative estimate of drug-likeness (QED) is 0.818. The summed E-state index contributed by atoms with van der Waals surface area (Å²) in [7, 11) is 0. The first-order valence-electron chi connectivity index (χ1n) is 6.86. The Labute approximate surface area is 124 Å². The second-order valence-electron chi connectivity index (χ2n) is 4.99. The van der Waals surface area contributed by atoms with Gasteiger partial charge in [-0.2, -0.15) is 0 Å². The van der Waals surface area contributed by atoms with Crippen LogP contribution in [-0.2, 0) is 17.9 Å². The Kier molecular flexibility index (Phi) is 5.49. The highest BCUT2D eigenvalue weighted by atomic mass is 16.4. The number of benzene rings is 2. The molecule has 1 unspecified atom stereocenters. The van der Waals surface area contributed by atoms with E-state index in [1.54, 1.807) is 0 Å². The summed E-state index contributed by atoms with van der Waals surface area (Å²) in [6, 6.07) is 19.6. The average molecular weight is 285 g/mol. The molecule has 0 saturated carbocycles. The molecule has 0 aliphatic heterocycles. The predicted molar refractivity (Wildman–Crippen MR) is 80.6 cm³/mol. The molecule has 0 amide bonds. The molecule has 0 fully saturated rings. The van der Waals surface area contributed by atoms with Gasteiger partial charge in [0.2, 0.25) is 0 Å². The third-order valence-corrected chi connectivity index (χ3v) is 3.21. The molecular formula is C17H19NO3. The lowest BCUT2D eigenvalue weighted by molar-refractivity contribution is -0.147. The van der Waals surface area contributed by atoms with Crippen molar-refractivity contribution < 1.29 is 15.0 Å². The van der Waals surface area contributed by atoms with Crippen LogP contribution < -0.4 is 0 Å². The second kappa shape index (κ2) is 7.57. The van der Waals surface area contributed by atoms with Crippen LogP contribution in [0, 0.1) is 0 Å². The van der Waals surface area contributed by atoms with E-state index in [9.17, 15) is 9.90 Å². The molecule has 4 heteroatoms. The third-order valence-electron chi connectivity index (χ3n) is 3.21. The lowest BCUT2D eigenvalue weighted by Crippen LogP contribution is -2.36. The van der Waals surface area contributed by atoms with E-state index in [0.717, 1.165) is 11.1 Å². The van der Waals surface area contributed by atoms with E-state index in [1.807, 2.05) is 65.6 Å². The maximum absolute atomic E-state index is 10.9. The predicted octanol–water partition coefficient (Wildman–Crippen LogP) is 2.13. The number of carboxylic acid groups (broad SMARTS) is 1. The van der Waals surface area contributed by atoms with Gasteiger partial charge < -0.3 is 10.2 Å². The SMILES string of the molecule is O=C(O)C(O)CN(Cc1ccccc1)Cc1ccccc1. The van der Waals surface area contributed by atoms with Crippen molar-refractivity contribution in [1.82, 2.24) is 4.90 Å². The first-order chi connectivity index (χ1) is 10.1. The summed E-state index contributed by atoms with van der Waals surface area (Å²) in [5.41, 5.74) is 2.18. The number of hydrogen-bond donors (Lipinski definition) is 2. The smallest absolute Gasteiger partial charge is 0.333 e. The molecule has 0 spiro atoms. The molecule has 2 aromatic rings. The largest absolute Gasteiger partial charge is 0.479 e. The van der Waals surface area contributed by atoms with Crippen LogP contribution in [0.3, 0.4) is 0 Å². The van der Waals surface area contributed by atoms with E-state index in [1.165, 1.54) is 0 Å². The highest BCUT2D eigenvalue weighted by molar-refractivity contribution is 5.72. The van der Waals surface area contributed by atoms with Crippen molar-refractivity contribution >= 4 is 5.97 Å². The van der Waals surface area contributed by atoms with Gasteiger partial charge in [-0.05, 0) is 11.1 Å². The van der Waals surface area contributed by atoms with Crippen molar-refractivity contribution in [1.29, 1.82) is 0 Å². The van der Waals surface area contributed by atoms with Gasteiger partial charge in [0.05, 0.1) is 0 Å². The van der Waals surface area contributed by atoms with Crippen molar-refractivity contribution in [3.63, 3.8) is 0 Å².